The van der Waals surface area contributed by atoms with Gasteiger partial charge in [-0.05, 0) is 24.7 Å². The van der Waals surface area contributed by atoms with Gasteiger partial charge in [0.25, 0.3) is 0 Å². The number of aliphatic hydroxyl groups excluding tert-OH is 1. The lowest BCUT2D eigenvalue weighted by Crippen LogP contribution is -2.08. The second-order valence-electron chi connectivity index (χ2n) is 4.35. The van der Waals surface area contributed by atoms with Crippen molar-refractivity contribution in [3.63, 3.8) is 0 Å². The normalized spacial score (nSPS) is 11.1. The van der Waals surface area contributed by atoms with Crippen molar-refractivity contribution < 1.29 is 9.84 Å². The minimum atomic E-state index is 0.0332. The summed E-state index contributed by atoms with van der Waals surface area (Å²) in [5.74, 6) is 1.33. The maximum Gasteiger partial charge on any atom is 0.243 e. The molecule has 0 amide bonds. The minimum absolute atomic E-state index is 0.0332. The number of benzene rings is 1. The molecule has 0 aliphatic heterocycles. The van der Waals surface area contributed by atoms with E-state index in [1.807, 2.05) is 47.3 Å². The monoisotopic (exact) mass is 289 g/mol. The Bertz CT molecular complexity index is 703. The first-order chi connectivity index (χ1) is 9.81. The Morgan fingerprint density at radius 1 is 1.35 bits per heavy atom. The van der Waals surface area contributed by atoms with E-state index in [2.05, 4.69) is 10.3 Å². The van der Waals surface area contributed by atoms with Crippen molar-refractivity contribution in [3.8, 4) is 11.6 Å². The Morgan fingerprint density at radius 3 is 2.85 bits per heavy atom. The molecule has 2 aromatic heterocycles. The summed E-state index contributed by atoms with van der Waals surface area (Å²) >= 11 is 1.58. The number of nitrogens with zero attached hydrogens (tertiary/aromatic N) is 2. The van der Waals surface area contributed by atoms with Crippen molar-refractivity contribution >= 4 is 16.3 Å². The van der Waals surface area contributed by atoms with Crippen LogP contribution < -0.4 is 10.1 Å². The molecule has 104 valence electrons. The number of fused-ring (bicyclic) bond motifs is 1. The highest BCUT2D eigenvalue weighted by Crippen LogP contribution is 2.28. The van der Waals surface area contributed by atoms with Crippen LogP contribution in [0.1, 0.15) is 11.3 Å². The smallest absolute Gasteiger partial charge is 0.243 e. The fourth-order valence-corrected chi connectivity index (χ4v) is 2.72. The van der Waals surface area contributed by atoms with Gasteiger partial charge in [-0.15, -0.1) is 11.3 Å². The first-order valence-corrected chi connectivity index (χ1v) is 7.16. The Labute approximate surface area is 120 Å². The molecule has 0 spiro atoms. The topological polar surface area (TPSA) is 58.8 Å². The highest BCUT2D eigenvalue weighted by atomic mass is 32.1. The Morgan fingerprint density at radius 2 is 2.15 bits per heavy atom. The van der Waals surface area contributed by atoms with Crippen LogP contribution in [-0.2, 0) is 13.2 Å². The lowest BCUT2D eigenvalue weighted by molar-refractivity contribution is 0.281. The van der Waals surface area contributed by atoms with Crippen LogP contribution in [-0.4, -0.2) is 21.5 Å². The summed E-state index contributed by atoms with van der Waals surface area (Å²) in [5, 5.41) is 14.2. The summed E-state index contributed by atoms with van der Waals surface area (Å²) in [6, 6.07) is 7.35. The zero-order valence-electron chi connectivity index (χ0n) is 11.0. The highest BCUT2D eigenvalue weighted by Gasteiger charge is 2.14. The van der Waals surface area contributed by atoms with E-state index in [1.54, 1.807) is 11.3 Å². The number of nitrogens with one attached hydrogen (secondary N) is 1. The van der Waals surface area contributed by atoms with Gasteiger partial charge in [-0.1, -0.05) is 12.1 Å². The molecule has 5 nitrogen and oxygen atoms in total. The Hall–Kier alpha value is -1.89. The average molecular weight is 289 g/mol. The number of rotatable bonds is 5. The number of ether oxygens (including phenoxy) is 1. The van der Waals surface area contributed by atoms with Gasteiger partial charge in [0.15, 0.2) is 4.96 Å². The van der Waals surface area contributed by atoms with E-state index in [-0.39, 0.29) is 6.61 Å². The molecule has 0 aliphatic carbocycles. The van der Waals surface area contributed by atoms with E-state index in [9.17, 15) is 0 Å². The summed E-state index contributed by atoms with van der Waals surface area (Å²) in [4.78, 5) is 5.41. The van der Waals surface area contributed by atoms with Gasteiger partial charge in [-0.3, -0.25) is 4.40 Å². The molecule has 0 saturated heterocycles. The molecule has 0 radical (unpaired) electrons. The third-order valence-corrected chi connectivity index (χ3v) is 3.75. The van der Waals surface area contributed by atoms with Crippen LogP contribution in [0.25, 0.3) is 4.96 Å². The van der Waals surface area contributed by atoms with Crippen LogP contribution in [0.4, 0.5) is 0 Å². The summed E-state index contributed by atoms with van der Waals surface area (Å²) < 4.78 is 7.88. The van der Waals surface area contributed by atoms with Gasteiger partial charge >= 0.3 is 0 Å². The first-order valence-electron chi connectivity index (χ1n) is 6.28. The van der Waals surface area contributed by atoms with Gasteiger partial charge in [0.05, 0.1) is 6.61 Å². The largest absolute Gasteiger partial charge is 0.437 e. The SMILES string of the molecule is CNCc1c(Oc2ccc(CO)cc2)nc2sccn12. The molecule has 3 aromatic rings. The first kappa shape index (κ1) is 13.1. The van der Waals surface area contributed by atoms with Crippen molar-refractivity contribution in [1.82, 2.24) is 14.7 Å². The summed E-state index contributed by atoms with van der Waals surface area (Å²) in [6.45, 7) is 0.716. The van der Waals surface area contributed by atoms with Crippen molar-refractivity contribution in [2.24, 2.45) is 0 Å². The molecule has 0 saturated carbocycles. The van der Waals surface area contributed by atoms with Crippen LogP contribution in [0.2, 0.25) is 0 Å². The zero-order valence-corrected chi connectivity index (χ0v) is 11.9. The van der Waals surface area contributed by atoms with Crippen LogP contribution >= 0.6 is 11.3 Å². The molecule has 1 aromatic carbocycles. The van der Waals surface area contributed by atoms with Crippen molar-refractivity contribution in [2.45, 2.75) is 13.2 Å². The second kappa shape index (κ2) is 5.62. The van der Waals surface area contributed by atoms with Gasteiger partial charge in [0, 0.05) is 18.1 Å². The van der Waals surface area contributed by atoms with Crippen molar-refractivity contribution in [1.29, 1.82) is 0 Å². The fourth-order valence-electron chi connectivity index (χ4n) is 2.00. The third-order valence-electron chi connectivity index (χ3n) is 2.99. The maximum absolute atomic E-state index is 9.04. The molecule has 0 unspecified atom stereocenters. The number of hydrogen-bond donors (Lipinski definition) is 2. The summed E-state index contributed by atoms with van der Waals surface area (Å²) in [7, 11) is 1.89. The second-order valence-corrected chi connectivity index (χ2v) is 5.23. The van der Waals surface area contributed by atoms with Crippen molar-refractivity contribution in [3.05, 3.63) is 47.1 Å². The summed E-state index contributed by atoms with van der Waals surface area (Å²) in [6.07, 6.45) is 1.99. The predicted molar refractivity (Wildman–Crippen MR) is 78.3 cm³/mol. The molecule has 3 rings (SSSR count). The number of aliphatic hydroxyl groups is 1. The van der Waals surface area contributed by atoms with Gasteiger partial charge < -0.3 is 15.2 Å². The fraction of sp³-hybridized carbons (Fsp3) is 0.214. The molecule has 2 N–H and O–H groups in total. The molecule has 0 atom stereocenters. The quantitative estimate of drug-likeness (QED) is 0.757. The van der Waals surface area contributed by atoms with Gasteiger partial charge in [0.1, 0.15) is 11.4 Å². The minimum Gasteiger partial charge on any atom is -0.437 e. The molecular weight excluding hydrogens is 274 g/mol. The number of thiazole rings is 1. The third kappa shape index (κ3) is 2.40. The molecular formula is C14H15N3O2S. The lowest BCUT2D eigenvalue weighted by Gasteiger charge is -2.06. The lowest BCUT2D eigenvalue weighted by atomic mass is 10.2. The number of hydrogen-bond acceptors (Lipinski definition) is 5. The summed E-state index contributed by atoms with van der Waals surface area (Å²) in [5.41, 5.74) is 1.86. The standard InChI is InChI=1S/C14H15N3O2S/c1-15-8-12-13(16-14-17(12)6-7-20-14)19-11-4-2-10(9-18)3-5-11/h2-7,15,18H,8-9H2,1H3. The molecule has 6 heteroatoms. The Balaban J connectivity index is 1.92. The van der Waals surface area contributed by atoms with Crippen LogP contribution in [0.15, 0.2) is 35.8 Å². The average Bonchev–Trinajstić information content (AvgIpc) is 3.03. The number of imidazole rings is 1. The molecule has 20 heavy (non-hydrogen) atoms. The van der Waals surface area contributed by atoms with Crippen molar-refractivity contribution in [2.75, 3.05) is 7.05 Å². The molecule has 0 aliphatic rings. The number of aromatic nitrogens is 2. The van der Waals surface area contributed by atoms with Crippen LogP contribution in [0.5, 0.6) is 11.6 Å². The predicted octanol–water partition coefficient (Wildman–Crippen LogP) is 2.40. The van der Waals surface area contributed by atoms with E-state index in [1.165, 1.54) is 0 Å². The van der Waals surface area contributed by atoms with Gasteiger partial charge in [-0.2, -0.15) is 4.98 Å². The molecule has 0 bridgehead atoms. The van der Waals surface area contributed by atoms with E-state index in [4.69, 9.17) is 9.84 Å². The maximum atomic E-state index is 9.04. The molecule has 2 heterocycles. The molecule has 0 fully saturated rings. The van der Waals surface area contributed by atoms with Gasteiger partial charge in [-0.25, -0.2) is 0 Å². The highest BCUT2D eigenvalue weighted by molar-refractivity contribution is 7.15. The van der Waals surface area contributed by atoms with E-state index >= 15 is 0 Å². The Kier molecular flexibility index (Phi) is 3.68. The van der Waals surface area contributed by atoms with E-state index in [0.29, 0.717) is 18.2 Å². The van der Waals surface area contributed by atoms with Gasteiger partial charge in [0.2, 0.25) is 5.88 Å². The van der Waals surface area contributed by atoms with E-state index in [0.717, 1.165) is 16.2 Å². The zero-order chi connectivity index (χ0) is 13.9. The van der Waals surface area contributed by atoms with Crippen LogP contribution in [0, 0.1) is 0 Å². The van der Waals surface area contributed by atoms with Crippen LogP contribution in [0.3, 0.4) is 0 Å². The van der Waals surface area contributed by atoms with E-state index < -0.39 is 0 Å².